The molecule has 4 nitrogen and oxygen atoms in total. The quantitative estimate of drug-likeness (QED) is 0.863. The second kappa shape index (κ2) is 5.76. The van der Waals surface area contributed by atoms with E-state index in [2.05, 4.69) is 31.4 Å². The van der Waals surface area contributed by atoms with E-state index in [0.717, 1.165) is 17.0 Å². The smallest absolute Gasteiger partial charge is 0.238 e. The summed E-state index contributed by atoms with van der Waals surface area (Å²) in [5.41, 5.74) is 1.29. The van der Waals surface area contributed by atoms with Gasteiger partial charge in [0.25, 0.3) is 0 Å². The Labute approximate surface area is 153 Å². The molecule has 134 valence electrons. The number of hydrogen-bond donors (Lipinski definition) is 2. The normalized spacial score (nSPS) is 35.2. The van der Waals surface area contributed by atoms with E-state index in [4.69, 9.17) is 0 Å². The first-order chi connectivity index (χ1) is 11.8. The second-order valence-corrected chi connectivity index (χ2v) is 9.77. The first-order valence-corrected chi connectivity index (χ1v) is 10.0. The molecule has 0 saturated heterocycles. The molecule has 4 unspecified atom stereocenters. The summed E-state index contributed by atoms with van der Waals surface area (Å²) in [7, 11) is 0. The maximum atomic E-state index is 12.6. The first kappa shape index (κ1) is 17.0. The van der Waals surface area contributed by atoms with Gasteiger partial charge >= 0.3 is 0 Å². The van der Waals surface area contributed by atoms with Gasteiger partial charge in [-0.2, -0.15) is 0 Å². The van der Waals surface area contributed by atoms with Crippen LogP contribution < -0.4 is 10.6 Å². The summed E-state index contributed by atoms with van der Waals surface area (Å²) in [6.45, 7) is 7.01. The Morgan fingerprint density at radius 1 is 1.32 bits per heavy atom. The van der Waals surface area contributed by atoms with Crippen molar-refractivity contribution in [2.75, 3.05) is 5.32 Å². The van der Waals surface area contributed by atoms with E-state index < -0.39 is 0 Å². The number of nitrogens with one attached hydrogen (secondary N) is 2. The van der Waals surface area contributed by atoms with Crippen LogP contribution in [0.15, 0.2) is 29.2 Å². The summed E-state index contributed by atoms with van der Waals surface area (Å²) in [6, 6.07) is 7.99. The lowest BCUT2D eigenvalue weighted by Crippen LogP contribution is -2.48. The Balaban J connectivity index is 1.41. The lowest BCUT2D eigenvalue weighted by atomic mass is 9.69. The van der Waals surface area contributed by atoms with E-state index in [1.54, 1.807) is 0 Å². The minimum absolute atomic E-state index is 0.00149. The van der Waals surface area contributed by atoms with Crippen molar-refractivity contribution >= 4 is 29.3 Å². The zero-order valence-electron chi connectivity index (χ0n) is 15.1. The lowest BCUT2D eigenvalue weighted by molar-refractivity contribution is -0.125. The fraction of sp³-hybridized carbons (Fsp3) is 0.600. The molecule has 1 aromatic carbocycles. The van der Waals surface area contributed by atoms with Crippen molar-refractivity contribution in [3.05, 3.63) is 24.3 Å². The van der Waals surface area contributed by atoms with Crippen molar-refractivity contribution in [2.45, 2.75) is 62.6 Å². The van der Waals surface area contributed by atoms with Gasteiger partial charge in [0.1, 0.15) is 0 Å². The van der Waals surface area contributed by atoms with E-state index in [1.165, 1.54) is 24.6 Å². The van der Waals surface area contributed by atoms with E-state index in [9.17, 15) is 9.59 Å². The fourth-order valence-corrected chi connectivity index (χ4v) is 6.18. The number of rotatable bonds is 3. The van der Waals surface area contributed by atoms with Gasteiger partial charge in [-0.25, -0.2) is 0 Å². The van der Waals surface area contributed by atoms with E-state index in [0.29, 0.717) is 5.92 Å². The number of benzene rings is 1. The van der Waals surface area contributed by atoms with Gasteiger partial charge in [-0.15, -0.1) is 11.8 Å². The van der Waals surface area contributed by atoms with Crippen LogP contribution in [-0.4, -0.2) is 23.1 Å². The van der Waals surface area contributed by atoms with Gasteiger partial charge in [-0.3, -0.25) is 9.59 Å². The molecular formula is C20H26N2O2S. The highest BCUT2D eigenvalue weighted by atomic mass is 32.2. The molecule has 2 saturated carbocycles. The predicted octanol–water partition coefficient (Wildman–Crippen LogP) is 3.82. The van der Waals surface area contributed by atoms with Crippen LogP contribution in [0, 0.1) is 16.7 Å². The molecular weight excluding hydrogens is 332 g/mol. The summed E-state index contributed by atoms with van der Waals surface area (Å²) in [4.78, 5) is 26.0. The molecule has 25 heavy (non-hydrogen) atoms. The third kappa shape index (κ3) is 2.59. The van der Waals surface area contributed by atoms with Crippen molar-refractivity contribution in [3.8, 4) is 0 Å². The van der Waals surface area contributed by atoms with Gasteiger partial charge in [-0.1, -0.05) is 32.9 Å². The van der Waals surface area contributed by atoms with Gasteiger partial charge < -0.3 is 10.6 Å². The topological polar surface area (TPSA) is 58.2 Å². The zero-order valence-corrected chi connectivity index (χ0v) is 15.9. The Morgan fingerprint density at radius 2 is 2.08 bits per heavy atom. The largest absolute Gasteiger partial charge is 0.353 e. The maximum Gasteiger partial charge on any atom is 0.238 e. The van der Waals surface area contributed by atoms with Crippen LogP contribution in [-0.2, 0) is 9.59 Å². The monoisotopic (exact) mass is 358 g/mol. The molecule has 3 aliphatic rings. The standard InChI is InChI=1S/C20H26N2O2S/c1-19(2)12-8-9-20(19,3)16(10-12)22-17(23)11-15-18(24)21-13-6-4-5-7-14(13)25-15/h4-7,12,15-16H,8-11H2,1-3H3,(H,21,24)(H,22,23). The van der Waals surface area contributed by atoms with E-state index in [1.807, 2.05) is 24.3 Å². The molecule has 1 aliphatic heterocycles. The number of thioether (sulfide) groups is 1. The van der Waals surface area contributed by atoms with Gasteiger partial charge in [0, 0.05) is 17.4 Å². The Kier molecular flexibility index (Phi) is 3.91. The van der Waals surface area contributed by atoms with Crippen molar-refractivity contribution in [1.29, 1.82) is 0 Å². The molecule has 5 heteroatoms. The molecule has 2 N–H and O–H groups in total. The average Bonchev–Trinajstić information content (AvgIpc) is 2.89. The Morgan fingerprint density at radius 3 is 2.76 bits per heavy atom. The van der Waals surface area contributed by atoms with Crippen LogP contribution in [0.2, 0.25) is 0 Å². The Hall–Kier alpha value is -1.49. The number of fused-ring (bicyclic) bond motifs is 3. The highest BCUT2D eigenvalue weighted by Gasteiger charge is 2.61. The number of amides is 2. The van der Waals surface area contributed by atoms with Crippen molar-refractivity contribution < 1.29 is 9.59 Å². The highest BCUT2D eigenvalue weighted by molar-refractivity contribution is 8.01. The summed E-state index contributed by atoms with van der Waals surface area (Å²) in [6.07, 6.45) is 3.76. The lowest BCUT2D eigenvalue weighted by Gasteiger charge is -2.39. The third-order valence-electron chi connectivity index (χ3n) is 7.21. The molecule has 2 amide bonds. The zero-order chi connectivity index (χ0) is 17.8. The van der Waals surface area contributed by atoms with Crippen LogP contribution in [0.1, 0.15) is 46.5 Å². The summed E-state index contributed by atoms with van der Waals surface area (Å²) >= 11 is 1.49. The van der Waals surface area contributed by atoms with Crippen molar-refractivity contribution in [2.24, 2.45) is 16.7 Å². The fourth-order valence-electron chi connectivity index (χ4n) is 5.07. The predicted molar refractivity (Wildman–Crippen MR) is 100 cm³/mol. The molecule has 4 atom stereocenters. The first-order valence-electron chi connectivity index (χ1n) is 9.17. The minimum atomic E-state index is -0.352. The molecule has 0 spiro atoms. The van der Waals surface area contributed by atoms with Crippen LogP contribution in [0.5, 0.6) is 0 Å². The van der Waals surface area contributed by atoms with E-state index in [-0.39, 0.29) is 40.4 Å². The number of para-hydroxylation sites is 1. The van der Waals surface area contributed by atoms with E-state index >= 15 is 0 Å². The van der Waals surface area contributed by atoms with Gasteiger partial charge in [0.2, 0.25) is 11.8 Å². The van der Waals surface area contributed by atoms with Crippen LogP contribution in [0.25, 0.3) is 0 Å². The molecule has 0 aromatic heterocycles. The van der Waals surface area contributed by atoms with Crippen LogP contribution >= 0.6 is 11.8 Å². The summed E-state index contributed by atoms with van der Waals surface area (Å²) in [5, 5.41) is 5.83. The minimum Gasteiger partial charge on any atom is -0.353 e. The summed E-state index contributed by atoms with van der Waals surface area (Å²) in [5.74, 6) is 0.627. The van der Waals surface area contributed by atoms with Gasteiger partial charge in [0.05, 0.1) is 10.9 Å². The van der Waals surface area contributed by atoms with Crippen molar-refractivity contribution in [3.63, 3.8) is 0 Å². The van der Waals surface area contributed by atoms with Crippen LogP contribution in [0.3, 0.4) is 0 Å². The molecule has 0 radical (unpaired) electrons. The molecule has 2 aliphatic carbocycles. The molecule has 2 bridgehead atoms. The number of carbonyl (C=O) groups is 2. The summed E-state index contributed by atoms with van der Waals surface area (Å²) < 4.78 is 0. The molecule has 2 fully saturated rings. The Bertz CT molecular complexity index is 732. The SMILES string of the molecule is CC1(C)C2CCC1(C)C(NC(=O)CC1Sc3ccccc3NC1=O)C2. The molecule has 4 rings (SSSR count). The average molecular weight is 359 g/mol. The van der Waals surface area contributed by atoms with Gasteiger partial charge in [0.15, 0.2) is 0 Å². The maximum absolute atomic E-state index is 12.6. The highest BCUT2D eigenvalue weighted by Crippen LogP contribution is 2.65. The molecule has 1 heterocycles. The number of carbonyl (C=O) groups excluding carboxylic acids is 2. The third-order valence-corrected chi connectivity index (χ3v) is 8.48. The number of hydrogen-bond acceptors (Lipinski definition) is 3. The van der Waals surface area contributed by atoms with Gasteiger partial charge in [-0.05, 0) is 48.1 Å². The molecule has 1 aromatic rings. The second-order valence-electron chi connectivity index (χ2n) is 8.53. The van der Waals surface area contributed by atoms with Crippen LogP contribution in [0.4, 0.5) is 5.69 Å². The van der Waals surface area contributed by atoms with Crippen molar-refractivity contribution in [1.82, 2.24) is 5.32 Å². The number of anilines is 1.